The van der Waals surface area contributed by atoms with Crippen LogP contribution in [0, 0.1) is 5.92 Å². The number of carbonyl (C=O) groups is 1. The standard InChI is InChI=1S/C13H14O4/c1-9(6-13(15)16)12(8-14)10-4-3-5-11(7-10)17-2/h3-5,7,9H,6H2,1-2H3,(H,15,16)/t9-/m0/s1. The fraction of sp³-hybridized carbons (Fsp3) is 0.308. The van der Waals surface area contributed by atoms with Crippen molar-refractivity contribution in [3.63, 3.8) is 0 Å². The van der Waals surface area contributed by atoms with Crippen molar-refractivity contribution in [2.45, 2.75) is 13.3 Å². The summed E-state index contributed by atoms with van der Waals surface area (Å²) in [4.78, 5) is 21.5. The largest absolute Gasteiger partial charge is 0.497 e. The zero-order valence-electron chi connectivity index (χ0n) is 9.77. The molecule has 0 amide bonds. The SMILES string of the molecule is COc1cccc(C(=C=O)[C@@H](C)CC(=O)O)c1. The quantitative estimate of drug-likeness (QED) is 0.792. The average molecular weight is 234 g/mol. The van der Waals surface area contributed by atoms with Gasteiger partial charge in [0.15, 0.2) is 0 Å². The van der Waals surface area contributed by atoms with E-state index in [1.54, 1.807) is 31.2 Å². The number of methoxy groups -OCH3 is 1. The molecule has 4 heteroatoms. The van der Waals surface area contributed by atoms with Crippen LogP contribution in [0.5, 0.6) is 5.75 Å². The highest BCUT2D eigenvalue weighted by Crippen LogP contribution is 2.26. The average Bonchev–Trinajstić information content (AvgIpc) is 2.29. The summed E-state index contributed by atoms with van der Waals surface area (Å²) in [6.45, 7) is 1.69. The van der Waals surface area contributed by atoms with Gasteiger partial charge >= 0.3 is 5.97 Å². The Kier molecular flexibility index (Phi) is 4.49. The molecule has 0 heterocycles. The summed E-state index contributed by atoms with van der Waals surface area (Å²) in [5.74, 6) is 1.13. The fourth-order valence-corrected chi connectivity index (χ4v) is 1.60. The Morgan fingerprint density at radius 1 is 1.53 bits per heavy atom. The number of benzene rings is 1. The number of carbonyl (C=O) groups excluding carboxylic acids is 1. The van der Waals surface area contributed by atoms with Crippen LogP contribution < -0.4 is 4.74 Å². The highest BCUT2D eigenvalue weighted by Gasteiger charge is 2.16. The van der Waals surface area contributed by atoms with Gasteiger partial charge in [-0.15, -0.1) is 0 Å². The number of hydrogen-bond acceptors (Lipinski definition) is 3. The minimum absolute atomic E-state index is 0.0955. The maximum atomic E-state index is 10.9. The van der Waals surface area contributed by atoms with E-state index in [0.717, 1.165) is 0 Å². The lowest BCUT2D eigenvalue weighted by atomic mass is 9.92. The van der Waals surface area contributed by atoms with Gasteiger partial charge in [0.25, 0.3) is 0 Å². The van der Waals surface area contributed by atoms with Crippen molar-refractivity contribution in [1.29, 1.82) is 0 Å². The van der Waals surface area contributed by atoms with Crippen molar-refractivity contribution in [3.8, 4) is 5.75 Å². The molecule has 1 aromatic carbocycles. The lowest BCUT2D eigenvalue weighted by molar-refractivity contribution is -0.137. The van der Waals surface area contributed by atoms with Crippen molar-refractivity contribution in [2.24, 2.45) is 5.92 Å². The normalized spacial score (nSPS) is 11.4. The van der Waals surface area contributed by atoms with Gasteiger partial charge in [0.1, 0.15) is 11.7 Å². The molecule has 17 heavy (non-hydrogen) atoms. The Morgan fingerprint density at radius 3 is 2.76 bits per heavy atom. The summed E-state index contributed by atoms with van der Waals surface area (Å²) in [7, 11) is 1.53. The third kappa shape index (κ3) is 3.47. The molecule has 0 saturated carbocycles. The van der Waals surface area contributed by atoms with Gasteiger partial charge in [0, 0.05) is 11.5 Å². The van der Waals surface area contributed by atoms with E-state index in [-0.39, 0.29) is 12.3 Å². The van der Waals surface area contributed by atoms with Crippen molar-refractivity contribution in [3.05, 3.63) is 29.8 Å². The molecule has 0 radical (unpaired) electrons. The van der Waals surface area contributed by atoms with E-state index in [4.69, 9.17) is 9.84 Å². The molecule has 90 valence electrons. The molecule has 4 nitrogen and oxygen atoms in total. The number of hydrogen-bond donors (Lipinski definition) is 1. The fourth-order valence-electron chi connectivity index (χ4n) is 1.60. The lowest BCUT2D eigenvalue weighted by Crippen LogP contribution is -2.07. The minimum Gasteiger partial charge on any atom is -0.497 e. The van der Waals surface area contributed by atoms with Gasteiger partial charge in [0.05, 0.1) is 13.5 Å². The molecule has 0 unspecified atom stereocenters. The highest BCUT2D eigenvalue weighted by atomic mass is 16.5. The molecule has 1 N–H and O–H groups in total. The maximum Gasteiger partial charge on any atom is 0.303 e. The monoisotopic (exact) mass is 234 g/mol. The number of aliphatic carboxylic acids is 1. The van der Waals surface area contributed by atoms with Gasteiger partial charge in [-0.25, -0.2) is 4.79 Å². The van der Waals surface area contributed by atoms with Crippen molar-refractivity contribution < 1.29 is 19.4 Å². The van der Waals surface area contributed by atoms with Gasteiger partial charge in [0.2, 0.25) is 0 Å². The van der Waals surface area contributed by atoms with Crippen molar-refractivity contribution >= 4 is 17.5 Å². The molecule has 0 bridgehead atoms. The zero-order valence-corrected chi connectivity index (χ0v) is 9.77. The molecular weight excluding hydrogens is 220 g/mol. The van der Waals surface area contributed by atoms with Gasteiger partial charge in [-0.05, 0) is 17.7 Å². The van der Waals surface area contributed by atoms with Crippen LogP contribution in [-0.4, -0.2) is 24.1 Å². The predicted octanol–water partition coefficient (Wildman–Crippen LogP) is 2.02. The first-order chi connectivity index (χ1) is 8.08. The summed E-state index contributed by atoms with van der Waals surface area (Å²) >= 11 is 0. The molecule has 0 aliphatic rings. The van der Waals surface area contributed by atoms with E-state index < -0.39 is 5.97 Å². The predicted molar refractivity (Wildman–Crippen MR) is 63.5 cm³/mol. The third-order valence-corrected chi connectivity index (χ3v) is 2.46. The summed E-state index contributed by atoms with van der Waals surface area (Å²) in [5.41, 5.74) is 0.999. The molecule has 0 aliphatic heterocycles. The van der Waals surface area contributed by atoms with E-state index in [2.05, 4.69) is 0 Å². The molecule has 0 aromatic heterocycles. The van der Waals surface area contributed by atoms with E-state index in [1.807, 2.05) is 5.94 Å². The smallest absolute Gasteiger partial charge is 0.303 e. The molecule has 0 spiro atoms. The van der Waals surface area contributed by atoms with Gasteiger partial charge in [-0.1, -0.05) is 19.1 Å². The van der Waals surface area contributed by atoms with E-state index in [9.17, 15) is 9.59 Å². The van der Waals surface area contributed by atoms with Crippen molar-refractivity contribution in [1.82, 2.24) is 0 Å². The molecule has 0 fully saturated rings. The Labute approximate surface area is 99.5 Å². The van der Waals surface area contributed by atoms with Crippen LogP contribution in [0.25, 0.3) is 5.57 Å². The first-order valence-electron chi connectivity index (χ1n) is 5.19. The summed E-state index contributed by atoms with van der Waals surface area (Å²) in [6.07, 6.45) is -0.0955. The number of ether oxygens (including phenoxy) is 1. The number of allylic oxidation sites excluding steroid dienone is 1. The van der Waals surface area contributed by atoms with Crippen LogP contribution in [0.4, 0.5) is 0 Å². The minimum atomic E-state index is -0.937. The zero-order chi connectivity index (χ0) is 12.8. The maximum absolute atomic E-state index is 10.9. The van der Waals surface area contributed by atoms with Crippen LogP contribution in [0.2, 0.25) is 0 Å². The van der Waals surface area contributed by atoms with E-state index >= 15 is 0 Å². The molecule has 0 saturated heterocycles. The van der Waals surface area contributed by atoms with Crippen molar-refractivity contribution in [2.75, 3.05) is 7.11 Å². The summed E-state index contributed by atoms with van der Waals surface area (Å²) in [6, 6.07) is 6.94. The van der Waals surface area contributed by atoms with E-state index in [0.29, 0.717) is 16.9 Å². The first kappa shape index (κ1) is 13.0. The summed E-state index contributed by atoms with van der Waals surface area (Å²) in [5, 5.41) is 8.71. The Balaban J connectivity index is 3.02. The van der Waals surface area contributed by atoms with Crippen LogP contribution in [-0.2, 0) is 9.59 Å². The number of carboxylic acid groups (broad SMARTS) is 1. The number of rotatable bonds is 5. The Bertz CT molecular complexity index is 458. The lowest BCUT2D eigenvalue weighted by Gasteiger charge is -2.11. The Hall–Kier alpha value is -2.06. The second kappa shape index (κ2) is 5.87. The van der Waals surface area contributed by atoms with Gasteiger partial charge in [-0.2, -0.15) is 0 Å². The molecule has 1 rings (SSSR count). The van der Waals surface area contributed by atoms with Gasteiger partial charge in [-0.3, -0.25) is 4.79 Å². The molecule has 1 atom stereocenters. The second-order valence-electron chi connectivity index (χ2n) is 3.75. The first-order valence-corrected chi connectivity index (χ1v) is 5.19. The summed E-state index contributed by atoms with van der Waals surface area (Å²) < 4.78 is 5.05. The molecule has 1 aromatic rings. The van der Waals surface area contributed by atoms with Crippen LogP contribution in [0.15, 0.2) is 24.3 Å². The topological polar surface area (TPSA) is 63.6 Å². The highest BCUT2D eigenvalue weighted by molar-refractivity contribution is 5.90. The molecule has 0 aliphatic carbocycles. The third-order valence-electron chi connectivity index (χ3n) is 2.46. The molecular formula is C13H14O4. The Morgan fingerprint density at radius 2 is 2.24 bits per heavy atom. The van der Waals surface area contributed by atoms with Gasteiger partial charge < -0.3 is 9.84 Å². The van der Waals surface area contributed by atoms with E-state index in [1.165, 1.54) is 7.11 Å². The van der Waals surface area contributed by atoms with Crippen LogP contribution in [0.3, 0.4) is 0 Å². The number of carboxylic acids is 1. The van der Waals surface area contributed by atoms with Crippen LogP contribution >= 0.6 is 0 Å². The second-order valence-corrected chi connectivity index (χ2v) is 3.75. The van der Waals surface area contributed by atoms with Crippen LogP contribution in [0.1, 0.15) is 18.9 Å².